The van der Waals surface area contributed by atoms with Gasteiger partial charge in [0.2, 0.25) is 0 Å². The van der Waals surface area contributed by atoms with Gasteiger partial charge >= 0.3 is 5.88 Å². The highest BCUT2D eigenvalue weighted by molar-refractivity contribution is 5.92. The van der Waals surface area contributed by atoms with Gasteiger partial charge < -0.3 is 20.0 Å². The van der Waals surface area contributed by atoms with Gasteiger partial charge in [0.1, 0.15) is 10.6 Å². The molecule has 2 heterocycles. The molecule has 0 atom stereocenters. The van der Waals surface area contributed by atoms with Crippen molar-refractivity contribution in [1.29, 1.82) is 0 Å². The minimum Gasteiger partial charge on any atom is -0.399 e. The summed E-state index contributed by atoms with van der Waals surface area (Å²) in [5.74, 6) is -2.71. The van der Waals surface area contributed by atoms with Gasteiger partial charge in [-0.15, -0.1) is 0 Å². The molecule has 0 radical (unpaired) electrons. The molecule has 10 heteroatoms. The number of anilines is 2. The molecule has 3 rings (SSSR count). The lowest BCUT2D eigenvalue weighted by molar-refractivity contribution is -0.402. The summed E-state index contributed by atoms with van der Waals surface area (Å²) in [4.78, 5) is 25.0. The number of furan rings is 1. The van der Waals surface area contributed by atoms with Gasteiger partial charge in [-0.3, -0.25) is 14.9 Å². The van der Waals surface area contributed by atoms with E-state index >= 15 is 0 Å². The Morgan fingerprint density at radius 2 is 1.76 bits per heavy atom. The molecule has 0 spiro atoms. The zero-order chi connectivity index (χ0) is 18.1. The highest BCUT2D eigenvalue weighted by Gasteiger charge is 2.28. The zero-order valence-corrected chi connectivity index (χ0v) is 12.9. The smallest absolute Gasteiger partial charge is 0.399 e. The molecule has 2 N–H and O–H groups in total. The van der Waals surface area contributed by atoms with Crippen molar-refractivity contribution in [1.82, 2.24) is 4.90 Å². The number of nitrogen functional groups attached to an aromatic ring is 1. The number of piperazine rings is 1. The van der Waals surface area contributed by atoms with E-state index in [4.69, 9.17) is 10.2 Å². The summed E-state index contributed by atoms with van der Waals surface area (Å²) in [6, 6.07) is 4.41. The van der Waals surface area contributed by atoms with Crippen LogP contribution < -0.4 is 10.6 Å². The van der Waals surface area contributed by atoms with E-state index in [1.165, 1.54) is 15.9 Å². The van der Waals surface area contributed by atoms with E-state index in [9.17, 15) is 23.7 Å². The van der Waals surface area contributed by atoms with E-state index in [0.29, 0.717) is 0 Å². The molecule has 0 saturated carbocycles. The Hall–Kier alpha value is -3.17. The number of hydrogen-bond acceptors (Lipinski definition) is 6. The molecule has 1 aromatic heterocycles. The van der Waals surface area contributed by atoms with Crippen molar-refractivity contribution in [2.45, 2.75) is 0 Å². The number of benzene rings is 1. The van der Waals surface area contributed by atoms with Crippen LogP contribution in [0.25, 0.3) is 0 Å². The number of nitrogens with two attached hydrogens (primary N) is 1. The molecular weight excluding hydrogens is 338 g/mol. The SMILES string of the molecule is Nc1cc(F)c(N2CCN(C(=O)c3ccc([N+](=O)[O-])o3)CC2)c(F)c1. The highest BCUT2D eigenvalue weighted by Crippen LogP contribution is 2.27. The van der Waals surface area contributed by atoms with Crippen LogP contribution in [0.2, 0.25) is 0 Å². The van der Waals surface area contributed by atoms with Crippen molar-refractivity contribution < 1.29 is 22.9 Å². The van der Waals surface area contributed by atoms with E-state index in [-0.39, 0.29) is 43.3 Å². The van der Waals surface area contributed by atoms with Gasteiger partial charge in [-0.05, 0) is 18.2 Å². The van der Waals surface area contributed by atoms with Crippen LogP contribution >= 0.6 is 0 Å². The topological polar surface area (TPSA) is 106 Å². The molecule has 0 bridgehead atoms. The van der Waals surface area contributed by atoms with E-state index in [1.54, 1.807) is 0 Å². The summed E-state index contributed by atoms with van der Waals surface area (Å²) in [5, 5.41) is 10.6. The van der Waals surface area contributed by atoms with Crippen molar-refractivity contribution in [3.63, 3.8) is 0 Å². The zero-order valence-electron chi connectivity index (χ0n) is 12.9. The highest BCUT2D eigenvalue weighted by atomic mass is 19.1. The fraction of sp³-hybridized carbons (Fsp3) is 0.267. The van der Waals surface area contributed by atoms with Crippen molar-refractivity contribution in [3.05, 3.63) is 51.8 Å². The molecule has 2 aromatic rings. The first-order chi connectivity index (χ1) is 11.9. The first-order valence-corrected chi connectivity index (χ1v) is 7.40. The Bertz CT molecular complexity index is 808. The Labute approximate surface area is 140 Å². The molecule has 1 amide bonds. The summed E-state index contributed by atoms with van der Waals surface area (Å²) >= 11 is 0. The maximum absolute atomic E-state index is 14.0. The average molecular weight is 352 g/mol. The minimum atomic E-state index is -0.765. The number of nitro groups is 1. The molecule has 0 unspecified atom stereocenters. The second kappa shape index (κ2) is 6.38. The number of amides is 1. The van der Waals surface area contributed by atoms with Gasteiger partial charge in [-0.25, -0.2) is 8.78 Å². The monoisotopic (exact) mass is 352 g/mol. The number of halogens is 2. The molecule has 25 heavy (non-hydrogen) atoms. The van der Waals surface area contributed by atoms with Crippen LogP contribution in [0, 0.1) is 21.7 Å². The molecular formula is C15H14F2N4O4. The second-order valence-electron chi connectivity index (χ2n) is 5.51. The fourth-order valence-electron chi connectivity index (χ4n) is 2.72. The minimum absolute atomic E-state index is 0.00743. The summed E-state index contributed by atoms with van der Waals surface area (Å²) in [6.45, 7) is 0.784. The molecule has 0 aliphatic carbocycles. The number of rotatable bonds is 3. The Kier molecular flexibility index (Phi) is 4.26. The lowest BCUT2D eigenvalue weighted by Gasteiger charge is -2.36. The van der Waals surface area contributed by atoms with Crippen LogP contribution in [-0.4, -0.2) is 41.9 Å². The van der Waals surface area contributed by atoms with Crippen LogP contribution in [0.15, 0.2) is 28.7 Å². The van der Waals surface area contributed by atoms with Gasteiger partial charge in [-0.1, -0.05) is 0 Å². The number of carbonyl (C=O) groups is 1. The lowest BCUT2D eigenvalue weighted by atomic mass is 10.2. The van der Waals surface area contributed by atoms with Crippen LogP contribution in [0.5, 0.6) is 0 Å². The Morgan fingerprint density at radius 3 is 2.28 bits per heavy atom. The fourth-order valence-corrected chi connectivity index (χ4v) is 2.72. The van der Waals surface area contributed by atoms with Gasteiger partial charge in [0.25, 0.3) is 5.91 Å². The quantitative estimate of drug-likeness (QED) is 0.515. The number of carbonyl (C=O) groups excluding carboxylic acids is 1. The first kappa shape index (κ1) is 16.7. The first-order valence-electron chi connectivity index (χ1n) is 7.40. The van der Waals surface area contributed by atoms with Gasteiger partial charge in [0.05, 0.1) is 6.07 Å². The van der Waals surface area contributed by atoms with Crippen LogP contribution in [0.3, 0.4) is 0 Å². The van der Waals surface area contributed by atoms with Crippen molar-refractivity contribution in [3.8, 4) is 0 Å². The third-order valence-electron chi connectivity index (χ3n) is 3.90. The third kappa shape index (κ3) is 3.23. The third-order valence-corrected chi connectivity index (χ3v) is 3.90. The summed E-state index contributed by atoms with van der Waals surface area (Å²) in [5.41, 5.74) is 5.20. The average Bonchev–Trinajstić information content (AvgIpc) is 3.04. The molecule has 1 saturated heterocycles. The van der Waals surface area contributed by atoms with Gasteiger partial charge in [0, 0.05) is 31.9 Å². The predicted molar refractivity (Wildman–Crippen MR) is 84.2 cm³/mol. The summed E-state index contributed by atoms with van der Waals surface area (Å²) in [6.07, 6.45) is 0. The van der Waals surface area contributed by atoms with Crippen molar-refractivity contribution in [2.75, 3.05) is 36.8 Å². The lowest BCUT2D eigenvalue weighted by Crippen LogP contribution is -2.49. The Morgan fingerprint density at radius 1 is 1.16 bits per heavy atom. The van der Waals surface area contributed by atoms with Crippen LogP contribution in [0.4, 0.5) is 26.0 Å². The van der Waals surface area contributed by atoms with Gasteiger partial charge in [-0.2, -0.15) is 0 Å². The number of nitrogens with zero attached hydrogens (tertiary/aromatic N) is 3. The largest absolute Gasteiger partial charge is 0.433 e. The predicted octanol–water partition coefficient (Wildman–Crippen LogP) is 2.01. The number of hydrogen-bond donors (Lipinski definition) is 1. The molecule has 1 aliphatic rings. The molecule has 1 aliphatic heterocycles. The summed E-state index contributed by atoms with van der Waals surface area (Å²) in [7, 11) is 0. The molecule has 1 fully saturated rings. The van der Waals surface area contributed by atoms with E-state index < -0.39 is 28.3 Å². The van der Waals surface area contributed by atoms with Crippen molar-refractivity contribution in [2.24, 2.45) is 0 Å². The maximum atomic E-state index is 14.0. The Balaban J connectivity index is 1.69. The maximum Gasteiger partial charge on any atom is 0.433 e. The molecule has 8 nitrogen and oxygen atoms in total. The molecule has 1 aromatic carbocycles. The second-order valence-corrected chi connectivity index (χ2v) is 5.51. The van der Waals surface area contributed by atoms with Crippen LogP contribution in [-0.2, 0) is 0 Å². The standard InChI is InChI=1S/C15H14F2N4O4/c16-10-7-9(18)8-11(17)14(10)19-3-5-20(6-4-19)15(22)12-1-2-13(25-12)21(23)24/h1-2,7-8H,3-6,18H2. The van der Waals surface area contributed by atoms with E-state index in [1.807, 2.05) is 0 Å². The van der Waals surface area contributed by atoms with Gasteiger partial charge in [0.15, 0.2) is 17.4 Å². The van der Waals surface area contributed by atoms with Crippen molar-refractivity contribution >= 4 is 23.2 Å². The van der Waals surface area contributed by atoms with Crippen LogP contribution in [0.1, 0.15) is 10.6 Å². The van der Waals surface area contributed by atoms with E-state index in [0.717, 1.165) is 18.2 Å². The normalized spacial score (nSPS) is 14.6. The summed E-state index contributed by atoms with van der Waals surface area (Å²) < 4.78 is 32.8. The van der Waals surface area contributed by atoms with E-state index in [2.05, 4.69) is 0 Å². The molecule has 132 valence electrons.